The first-order valence-corrected chi connectivity index (χ1v) is 12.9. The van der Waals surface area contributed by atoms with Crippen LogP contribution in [0.3, 0.4) is 0 Å². The van der Waals surface area contributed by atoms with Crippen LogP contribution in [0.4, 0.5) is 0 Å². The summed E-state index contributed by atoms with van der Waals surface area (Å²) in [6, 6.07) is 0. The van der Waals surface area contributed by atoms with Gasteiger partial charge in [0.25, 0.3) is 0 Å². The van der Waals surface area contributed by atoms with E-state index in [1.54, 1.807) is 0 Å². The van der Waals surface area contributed by atoms with Crippen molar-refractivity contribution in [1.82, 2.24) is 0 Å². The molecule has 30 heavy (non-hydrogen) atoms. The fourth-order valence-electron chi connectivity index (χ4n) is 3.74. The van der Waals surface area contributed by atoms with Crippen molar-refractivity contribution < 1.29 is 19.1 Å². The minimum atomic E-state index is -0.0519. The Morgan fingerprint density at radius 1 is 0.633 bits per heavy atom. The average molecular weight is 427 g/mol. The van der Waals surface area contributed by atoms with E-state index in [2.05, 4.69) is 27.7 Å². The SMILES string of the molecule is CCCCCCOC(=O)CCCCCCCCC(=O)OC(CC)CCC(CC)CC. The van der Waals surface area contributed by atoms with Gasteiger partial charge >= 0.3 is 11.9 Å². The Morgan fingerprint density at radius 2 is 1.20 bits per heavy atom. The summed E-state index contributed by atoms with van der Waals surface area (Å²) in [5, 5.41) is 0. The lowest BCUT2D eigenvalue weighted by Gasteiger charge is -2.19. The predicted molar refractivity (Wildman–Crippen MR) is 126 cm³/mol. The lowest BCUT2D eigenvalue weighted by atomic mass is 9.95. The summed E-state index contributed by atoms with van der Waals surface area (Å²) in [5.41, 5.74) is 0. The predicted octanol–water partition coefficient (Wildman–Crippen LogP) is 7.77. The molecule has 178 valence electrons. The van der Waals surface area contributed by atoms with Gasteiger partial charge in [-0.25, -0.2) is 0 Å². The summed E-state index contributed by atoms with van der Waals surface area (Å²) < 4.78 is 10.9. The van der Waals surface area contributed by atoms with E-state index in [0.29, 0.717) is 19.4 Å². The van der Waals surface area contributed by atoms with E-state index in [9.17, 15) is 9.59 Å². The molecule has 1 unspecified atom stereocenters. The second-order valence-corrected chi connectivity index (χ2v) is 8.68. The number of esters is 2. The molecule has 0 aliphatic heterocycles. The van der Waals surface area contributed by atoms with Crippen LogP contribution < -0.4 is 0 Å². The van der Waals surface area contributed by atoms with Gasteiger partial charge in [-0.05, 0) is 44.4 Å². The van der Waals surface area contributed by atoms with E-state index in [1.807, 2.05) is 0 Å². The lowest BCUT2D eigenvalue weighted by Crippen LogP contribution is -2.18. The van der Waals surface area contributed by atoms with Crippen LogP contribution in [0.15, 0.2) is 0 Å². The molecule has 0 fully saturated rings. The van der Waals surface area contributed by atoms with E-state index < -0.39 is 0 Å². The zero-order valence-corrected chi connectivity index (χ0v) is 20.5. The summed E-state index contributed by atoms with van der Waals surface area (Å²) in [6.45, 7) is 9.33. The highest BCUT2D eigenvalue weighted by Crippen LogP contribution is 2.19. The van der Waals surface area contributed by atoms with Crippen molar-refractivity contribution in [2.75, 3.05) is 6.61 Å². The third-order valence-electron chi connectivity index (χ3n) is 6.08. The Kier molecular flexibility index (Phi) is 20.4. The van der Waals surface area contributed by atoms with Crippen LogP contribution in [-0.4, -0.2) is 24.6 Å². The fraction of sp³-hybridized carbons (Fsp3) is 0.923. The third-order valence-corrected chi connectivity index (χ3v) is 6.08. The van der Waals surface area contributed by atoms with Gasteiger partial charge in [0.05, 0.1) is 6.61 Å². The molecule has 1 atom stereocenters. The number of rotatable bonds is 21. The summed E-state index contributed by atoms with van der Waals surface area (Å²) in [4.78, 5) is 23.7. The highest BCUT2D eigenvalue weighted by atomic mass is 16.5. The Morgan fingerprint density at radius 3 is 1.77 bits per heavy atom. The van der Waals surface area contributed by atoms with Gasteiger partial charge in [-0.3, -0.25) is 9.59 Å². The lowest BCUT2D eigenvalue weighted by molar-refractivity contribution is -0.150. The number of ether oxygens (including phenoxy) is 2. The highest BCUT2D eigenvalue weighted by Gasteiger charge is 2.14. The largest absolute Gasteiger partial charge is 0.466 e. The zero-order valence-electron chi connectivity index (χ0n) is 20.5. The van der Waals surface area contributed by atoms with E-state index in [0.717, 1.165) is 76.5 Å². The highest BCUT2D eigenvalue weighted by molar-refractivity contribution is 5.69. The molecular weight excluding hydrogens is 376 g/mol. The maximum atomic E-state index is 12.1. The van der Waals surface area contributed by atoms with Gasteiger partial charge < -0.3 is 9.47 Å². The minimum Gasteiger partial charge on any atom is -0.466 e. The van der Waals surface area contributed by atoms with Crippen molar-refractivity contribution in [3.63, 3.8) is 0 Å². The zero-order chi connectivity index (χ0) is 22.5. The van der Waals surface area contributed by atoms with Crippen LogP contribution in [0.1, 0.15) is 137 Å². The summed E-state index contributed by atoms with van der Waals surface area (Å²) >= 11 is 0. The number of unbranched alkanes of at least 4 members (excludes halogenated alkanes) is 8. The van der Waals surface area contributed by atoms with Crippen LogP contribution in [-0.2, 0) is 19.1 Å². The monoisotopic (exact) mass is 426 g/mol. The van der Waals surface area contributed by atoms with Gasteiger partial charge in [-0.15, -0.1) is 0 Å². The Labute approximate surface area is 186 Å². The van der Waals surface area contributed by atoms with Crippen LogP contribution in [0, 0.1) is 5.92 Å². The fourth-order valence-corrected chi connectivity index (χ4v) is 3.74. The normalized spacial score (nSPS) is 12.2. The van der Waals surface area contributed by atoms with E-state index in [-0.39, 0.29) is 18.0 Å². The van der Waals surface area contributed by atoms with Crippen molar-refractivity contribution in [2.45, 2.75) is 143 Å². The third kappa shape index (κ3) is 17.8. The molecule has 0 aromatic carbocycles. The second kappa shape index (κ2) is 21.2. The summed E-state index contributed by atoms with van der Waals surface area (Å²) in [6.07, 6.45) is 17.4. The summed E-state index contributed by atoms with van der Waals surface area (Å²) in [7, 11) is 0. The smallest absolute Gasteiger partial charge is 0.306 e. The van der Waals surface area contributed by atoms with Crippen molar-refractivity contribution in [3.05, 3.63) is 0 Å². The molecule has 0 rings (SSSR count). The number of carbonyl (C=O) groups excluding carboxylic acids is 2. The molecule has 0 bridgehead atoms. The minimum absolute atomic E-state index is 0.0342. The molecule has 4 nitrogen and oxygen atoms in total. The van der Waals surface area contributed by atoms with Gasteiger partial charge in [0.15, 0.2) is 0 Å². The first-order chi connectivity index (χ1) is 14.6. The molecule has 0 aliphatic carbocycles. The molecule has 0 spiro atoms. The van der Waals surface area contributed by atoms with Crippen molar-refractivity contribution in [1.29, 1.82) is 0 Å². The number of hydrogen-bond donors (Lipinski definition) is 0. The molecule has 0 aromatic heterocycles. The Balaban J connectivity index is 3.58. The van der Waals surface area contributed by atoms with Gasteiger partial charge in [0.1, 0.15) is 6.10 Å². The van der Waals surface area contributed by atoms with Crippen LogP contribution >= 0.6 is 0 Å². The van der Waals surface area contributed by atoms with Gasteiger partial charge in [0.2, 0.25) is 0 Å². The molecule has 0 saturated carbocycles. The molecule has 0 aromatic rings. The van der Waals surface area contributed by atoms with Crippen LogP contribution in [0.5, 0.6) is 0 Å². The maximum Gasteiger partial charge on any atom is 0.306 e. The van der Waals surface area contributed by atoms with E-state index in [4.69, 9.17) is 9.47 Å². The van der Waals surface area contributed by atoms with Crippen LogP contribution in [0.2, 0.25) is 0 Å². The van der Waals surface area contributed by atoms with Gasteiger partial charge in [-0.1, -0.05) is 85.5 Å². The average Bonchev–Trinajstić information content (AvgIpc) is 2.75. The Hall–Kier alpha value is -1.06. The van der Waals surface area contributed by atoms with Crippen molar-refractivity contribution in [3.8, 4) is 0 Å². The maximum absolute atomic E-state index is 12.1. The van der Waals surface area contributed by atoms with E-state index in [1.165, 1.54) is 25.7 Å². The summed E-state index contributed by atoms with van der Waals surface area (Å²) in [5.74, 6) is 0.669. The molecular formula is C26H50O4. The Bertz CT molecular complexity index is 404. The first-order valence-electron chi connectivity index (χ1n) is 12.9. The topological polar surface area (TPSA) is 52.6 Å². The van der Waals surface area contributed by atoms with Crippen molar-refractivity contribution >= 4 is 11.9 Å². The molecule has 0 aliphatic rings. The number of hydrogen-bond acceptors (Lipinski definition) is 4. The molecule has 0 N–H and O–H groups in total. The first kappa shape index (κ1) is 28.9. The molecule has 0 heterocycles. The van der Waals surface area contributed by atoms with Gasteiger partial charge in [-0.2, -0.15) is 0 Å². The van der Waals surface area contributed by atoms with E-state index >= 15 is 0 Å². The number of carbonyl (C=O) groups is 2. The van der Waals surface area contributed by atoms with Crippen LogP contribution in [0.25, 0.3) is 0 Å². The molecule has 0 radical (unpaired) electrons. The van der Waals surface area contributed by atoms with Crippen molar-refractivity contribution in [2.24, 2.45) is 5.92 Å². The molecule has 4 heteroatoms. The molecule has 0 saturated heterocycles. The molecule has 0 amide bonds. The quantitative estimate of drug-likeness (QED) is 0.139. The second-order valence-electron chi connectivity index (χ2n) is 8.68. The van der Waals surface area contributed by atoms with Gasteiger partial charge in [0, 0.05) is 12.8 Å². The standard InChI is InChI=1S/C26H50O4/c1-5-9-10-17-22-29-25(27)18-15-13-11-12-14-16-19-26(28)30-24(8-4)21-20-23(6-2)7-3/h23-24H,5-22H2,1-4H3.